The summed E-state index contributed by atoms with van der Waals surface area (Å²) in [5.41, 5.74) is 6.15. The van der Waals surface area contributed by atoms with Crippen LogP contribution in [0.3, 0.4) is 0 Å². The maximum absolute atomic E-state index is 13.1. The van der Waals surface area contributed by atoms with Crippen molar-refractivity contribution >= 4 is 34.9 Å². The molecule has 2 rings (SSSR count). The summed E-state index contributed by atoms with van der Waals surface area (Å²) in [6.45, 7) is 1.99. The maximum Gasteiger partial charge on any atom is 0.258 e. The number of aromatic nitrogens is 1. The minimum absolute atomic E-state index is 0.0862. The van der Waals surface area contributed by atoms with Gasteiger partial charge in [0, 0.05) is 24.4 Å². The number of ether oxygens (including phenoxy) is 3. The Morgan fingerprint density at radius 1 is 1.10 bits per heavy atom. The largest absolute Gasteiger partial charge is 0.493 e. The van der Waals surface area contributed by atoms with Crippen LogP contribution in [0.25, 0.3) is 0 Å². The fourth-order valence-electron chi connectivity index (χ4n) is 2.89. The van der Waals surface area contributed by atoms with E-state index in [1.165, 1.54) is 26.6 Å². The summed E-state index contributed by atoms with van der Waals surface area (Å²) in [7, 11) is 2.88. The first-order valence-electron chi connectivity index (χ1n) is 9.36. The van der Waals surface area contributed by atoms with Gasteiger partial charge >= 0.3 is 0 Å². The smallest absolute Gasteiger partial charge is 0.258 e. The number of rotatable bonds is 11. The summed E-state index contributed by atoms with van der Waals surface area (Å²) in [4.78, 5) is 29.0. The minimum Gasteiger partial charge on any atom is -0.493 e. The standard InChI is InChI=1S/C21H24Cl2N2O5/c1-4-5-6-18(21(24)27)30-19-12(7-8-17(28-2)20(19)29-3)16(26)9-13-14(22)10-25-11-15(13)23/h7-8,10-11,18H,4-6,9H2,1-3H3,(H2,24,27). The van der Waals surface area contributed by atoms with Crippen molar-refractivity contribution in [1.29, 1.82) is 0 Å². The zero-order chi connectivity index (χ0) is 22.3. The van der Waals surface area contributed by atoms with Crippen molar-refractivity contribution in [2.75, 3.05) is 14.2 Å². The van der Waals surface area contributed by atoms with Crippen LogP contribution in [0.5, 0.6) is 17.2 Å². The van der Waals surface area contributed by atoms with Crippen LogP contribution >= 0.6 is 23.2 Å². The second-order valence-corrected chi connectivity index (χ2v) is 7.32. The van der Waals surface area contributed by atoms with E-state index in [2.05, 4.69) is 4.98 Å². The van der Waals surface area contributed by atoms with Crippen LogP contribution in [0.4, 0.5) is 0 Å². The van der Waals surface area contributed by atoms with Gasteiger partial charge in [-0.05, 0) is 25.0 Å². The highest BCUT2D eigenvalue weighted by atomic mass is 35.5. The second kappa shape index (κ2) is 11.0. The van der Waals surface area contributed by atoms with Gasteiger partial charge in [0.2, 0.25) is 5.75 Å². The first-order valence-corrected chi connectivity index (χ1v) is 10.1. The molecule has 0 spiro atoms. The molecule has 7 nitrogen and oxygen atoms in total. The Kier molecular flexibility index (Phi) is 8.74. The molecule has 1 aromatic heterocycles. The average molecular weight is 455 g/mol. The Labute approximate surface area is 185 Å². The number of benzene rings is 1. The van der Waals surface area contributed by atoms with Crippen LogP contribution in [-0.4, -0.2) is 37.0 Å². The number of carbonyl (C=O) groups excluding carboxylic acids is 2. The summed E-state index contributed by atoms with van der Waals surface area (Å²) < 4.78 is 16.6. The first kappa shape index (κ1) is 23.8. The molecule has 9 heteroatoms. The summed E-state index contributed by atoms with van der Waals surface area (Å²) in [6, 6.07) is 3.12. The van der Waals surface area contributed by atoms with Gasteiger partial charge in [-0.25, -0.2) is 0 Å². The van der Waals surface area contributed by atoms with Gasteiger partial charge in [-0.1, -0.05) is 36.5 Å². The molecule has 1 aromatic carbocycles. The number of nitrogens with zero attached hydrogens (tertiary/aromatic N) is 1. The highest BCUT2D eigenvalue weighted by Gasteiger charge is 2.27. The van der Waals surface area contributed by atoms with Crippen molar-refractivity contribution in [3.8, 4) is 17.2 Å². The summed E-state index contributed by atoms with van der Waals surface area (Å²) >= 11 is 12.3. The molecule has 0 radical (unpaired) electrons. The lowest BCUT2D eigenvalue weighted by Gasteiger charge is -2.21. The number of carbonyl (C=O) groups is 2. The van der Waals surface area contributed by atoms with Gasteiger partial charge in [0.15, 0.2) is 23.4 Å². The molecule has 1 amide bonds. The molecule has 0 fully saturated rings. The monoisotopic (exact) mass is 454 g/mol. The van der Waals surface area contributed by atoms with Crippen LogP contribution in [0.1, 0.15) is 42.1 Å². The van der Waals surface area contributed by atoms with Crippen LogP contribution in [0.2, 0.25) is 10.0 Å². The molecule has 2 aromatic rings. The van der Waals surface area contributed by atoms with Gasteiger partial charge in [0.25, 0.3) is 5.91 Å². The number of Topliss-reactive ketones (excluding diaryl/α,β-unsaturated/α-hetero) is 1. The lowest BCUT2D eigenvalue weighted by molar-refractivity contribution is -0.125. The third-order valence-electron chi connectivity index (χ3n) is 4.49. The van der Waals surface area contributed by atoms with E-state index in [9.17, 15) is 9.59 Å². The van der Waals surface area contributed by atoms with Gasteiger partial charge in [-0.2, -0.15) is 0 Å². The molecule has 1 unspecified atom stereocenters. The average Bonchev–Trinajstić information content (AvgIpc) is 2.72. The number of methoxy groups -OCH3 is 2. The van der Waals surface area contributed by atoms with E-state index in [0.29, 0.717) is 17.7 Å². The van der Waals surface area contributed by atoms with Crippen LogP contribution in [0, 0.1) is 0 Å². The van der Waals surface area contributed by atoms with Gasteiger partial charge in [-0.15, -0.1) is 0 Å². The SMILES string of the molecule is CCCCC(Oc1c(C(=O)Cc2c(Cl)cncc2Cl)ccc(OC)c1OC)C(N)=O. The highest BCUT2D eigenvalue weighted by Crippen LogP contribution is 2.41. The van der Waals surface area contributed by atoms with E-state index in [0.717, 1.165) is 12.8 Å². The molecule has 0 aliphatic carbocycles. The molecule has 162 valence electrons. The molecule has 2 N–H and O–H groups in total. The quantitative estimate of drug-likeness (QED) is 0.509. The fraction of sp³-hybridized carbons (Fsp3) is 0.381. The van der Waals surface area contributed by atoms with E-state index in [-0.39, 0.29) is 39.3 Å². The summed E-state index contributed by atoms with van der Waals surface area (Å²) in [5.74, 6) is -0.338. The predicted octanol–water partition coefficient (Wildman–Crippen LogP) is 4.25. The molecule has 0 saturated carbocycles. The third-order valence-corrected chi connectivity index (χ3v) is 5.14. The number of hydrogen-bond donors (Lipinski definition) is 1. The molecule has 0 saturated heterocycles. The minimum atomic E-state index is -0.925. The van der Waals surface area contributed by atoms with E-state index < -0.39 is 12.0 Å². The molecular weight excluding hydrogens is 431 g/mol. The zero-order valence-corrected chi connectivity index (χ0v) is 18.5. The Morgan fingerprint density at radius 2 is 1.77 bits per heavy atom. The Hall–Kier alpha value is -2.51. The molecule has 0 aliphatic rings. The highest BCUT2D eigenvalue weighted by molar-refractivity contribution is 6.36. The van der Waals surface area contributed by atoms with Crippen molar-refractivity contribution in [1.82, 2.24) is 4.98 Å². The van der Waals surface area contributed by atoms with Crippen molar-refractivity contribution in [2.45, 2.75) is 38.7 Å². The normalized spacial score (nSPS) is 11.6. The van der Waals surface area contributed by atoms with Crippen molar-refractivity contribution < 1.29 is 23.8 Å². The molecule has 1 atom stereocenters. The number of hydrogen-bond acceptors (Lipinski definition) is 6. The number of amides is 1. The molecule has 1 heterocycles. The van der Waals surface area contributed by atoms with Crippen molar-refractivity contribution in [2.24, 2.45) is 5.73 Å². The molecular formula is C21H24Cl2N2O5. The number of ketones is 1. The van der Waals surface area contributed by atoms with Crippen molar-refractivity contribution in [3.63, 3.8) is 0 Å². The van der Waals surface area contributed by atoms with Gasteiger partial charge in [0.1, 0.15) is 0 Å². The number of halogens is 2. The summed E-state index contributed by atoms with van der Waals surface area (Å²) in [6.07, 6.45) is 3.79. The third kappa shape index (κ3) is 5.55. The molecule has 0 bridgehead atoms. The number of primary amides is 1. The number of nitrogens with two attached hydrogens (primary N) is 1. The topological polar surface area (TPSA) is 101 Å². The Bertz CT molecular complexity index is 900. The Morgan fingerprint density at radius 3 is 2.30 bits per heavy atom. The second-order valence-electron chi connectivity index (χ2n) is 6.51. The number of pyridine rings is 1. The van der Waals surface area contributed by atoms with E-state index in [1.54, 1.807) is 12.1 Å². The van der Waals surface area contributed by atoms with E-state index in [4.69, 9.17) is 43.1 Å². The van der Waals surface area contributed by atoms with E-state index in [1.807, 2.05) is 6.92 Å². The maximum atomic E-state index is 13.1. The lowest BCUT2D eigenvalue weighted by Crippen LogP contribution is -2.34. The summed E-state index contributed by atoms with van der Waals surface area (Å²) in [5, 5.41) is 0.550. The van der Waals surface area contributed by atoms with Gasteiger partial charge < -0.3 is 19.9 Å². The predicted molar refractivity (Wildman–Crippen MR) is 115 cm³/mol. The lowest BCUT2D eigenvalue weighted by atomic mass is 10.0. The van der Waals surface area contributed by atoms with E-state index >= 15 is 0 Å². The number of unbranched alkanes of at least 4 members (excludes halogenated alkanes) is 1. The molecule has 0 aliphatic heterocycles. The van der Waals surface area contributed by atoms with Crippen molar-refractivity contribution in [3.05, 3.63) is 45.7 Å². The Balaban J connectivity index is 2.50. The van der Waals surface area contributed by atoms with Crippen LogP contribution < -0.4 is 19.9 Å². The van der Waals surface area contributed by atoms with Gasteiger partial charge in [0.05, 0.1) is 29.8 Å². The first-order chi connectivity index (χ1) is 14.3. The van der Waals surface area contributed by atoms with Crippen LogP contribution in [0.15, 0.2) is 24.5 Å². The zero-order valence-electron chi connectivity index (χ0n) is 17.0. The fourth-order valence-corrected chi connectivity index (χ4v) is 3.39. The van der Waals surface area contributed by atoms with Crippen LogP contribution in [-0.2, 0) is 11.2 Å². The van der Waals surface area contributed by atoms with Gasteiger partial charge in [-0.3, -0.25) is 14.6 Å². The molecule has 30 heavy (non-hydrogen) atoms.